The zero-order chi connectivity index (χ0) is 14.8. The van der Waals surface area contributed by atoms with E-state index in [0.717, 1.165) is 31.1 Å². The van der Waals surface area contributed by atoms with Crippen LogP contribution in [0.25, 0.3) is 0 Å². The SMILES string of the molecule is c1ccc(N2CC[NH+](Cc3ccc4c(c3)OCO4)CC2)cc1. The van der Waals surface area contributed by atoms with Crippen LogP contribution in [0.15, 0.2) is 48.5 Å². The van der Waals surface area contributed by atoms with Crippen LogP contribution in [0.2, 0.25) is 0 Å². The predicted octanol–water partition coefficient (Wildman–Crippen LogP) is 1.32. The summed E-state index contributed by atoms with van der Waals surface area (Å²) in [5.74, 6) is 1.76. The second-order valence-electron chi connectivity index (χ2n) is 5.94. The Kier molecular flexibility index (Phi) is 3.60. The van der Waals surface area contributed by atoms with Crippen molar-refractivity contribution in [2.45, 2.75) is 6.54 Å². The molecule has 1 fully saturated rings. The van der Waals surface area contributed by atoms with Gasteiger partial charge in [-0.05, 0) is 30.3 Å². The Bertz CT molecular complexity index is 637. The first-order valence-electron chi connectivity index (χ1n) is 7.90. The van der Waals surface area contributed by atoms with E-state index in [9.17, 15) is 0 Å². The molecule has 22 heavy (non-hydrogen) atoms. The second-order valence-corrected chi connectivity index (χ2v) is 5.94. The van der Waals surface area contributed by atoms with Gasteiger partial charge in [0.05, 0.1) is 26.2 Å². The minimum Gasteiger partial charge on any atom is -0.454 e. The number of rotatable bonds is 3. The minimum absolute atomic E-state index is 0.349. The molecule has 114 valence electrons. The van der Waals surface area contributed by atoms with Crippen LogP contribution >= 0.6 is 0 Å². The second kappa shape index (κ2) is 5.89. The maximum absolute atomic E-state index is 5.46. The van der Waals surface area contributed by atoms with E-state index in [-0.39, 0.29) is 0 Å². The van der Waals surface area contributed by atoms with Crippen molar-refractivity contribution in [1.29, 1.82) is 0 Å². The summed E-state index contributed by atoms with van der Waals surface area (Å²) < 4.78 is 10.8. The number of hydrogen-bond acceptors (Lipinski definition) is 3. The van der Waals surface area contributed by atoms with Crippen molar-refractivity contribution < 1.29 is 14.4 Å². The fraction of sp³-hybridized carbons (Fsp3) is 0.333. The number of quaternary nitrogens is 1. The van der Waals surface area contributed by atoms with Crippen molar-refractivity contribution in [2.75, 3.05) is 37.9 Å². The summed E-state index contributed by atoms with van der Waals surface area (Å²) in [4.78, 5) is 4.11. The van der Waals surface area contributed by atoms with Gasteiger partial charge in [0, 0.05) is 11.3 Å². The minimum atomic E-state index is 0.349. The van der Waals surface area contributed by atoms with Crippen molar-refractivity contribution in [3.8, 4) is 11.5 Å². The maximum Gasteiger partial charge on any atom is 0.231 e. The van der Waals surface area contributed by atoms with Crippen molar-refractivity contribution in [2.24, 2.45) is 0 Å². The average molecular weight is 297 g/mol. The highest BCUT2D eigenvalue weighted by Crippen LogP contribution is 2.32. The van der Waals surface area contributed by atoms with Gasteiger partial charge in [0.15, 0.2) is 11.5 Å². The third-order valence-corrected chi connectivity index (χ3v) is 4.48. The number of fused-ring (bicyclic) bond motifs is 1. The molecule has 4 nitrogen and oxygen atoms in total. The van der Waals surface area contributed by atoms with E-state index < -0.39 is 0 Å². The van der Waals surface area contributed by atoms with Gasteiger partial charge in [0.2, 0.25) is 6.79 Å². The third kappa shape index (κ3) is 2.74. The topological polar surface area (TPSA) is 26.1 Å². The van der Waals surface area contributed by atoms with E-state index in [2.05, 4.69) is 47.4 Å². The van der Waals surface area contributed by atoms with Crippen LogP contribution in [0.4, 0.5) is 5.69 Å². The number of benzene rings is 2. The van der Waals surface area contributed by atoms with Gasteiger partial charge in [0.25, 0.3) is 0 Å². The molecule has 0 atom stereocenters. The van der Waals surface area contributed by atoms with Gasteiger partial charge in [0.1, 0.15) is 6.54 Å². The lowest BCUT2D eigenvalue weighted by Gasteiger charge is -2.33. The molecule has 4 heteroatoms. The van der Waals surface area contributed by atoms with Crippen LogP contribution in [0.5, 0.6) is 11.5 Å². The van der Waals surface area contributed by atoms with E-state index >= 15 is 0 Å². The molecule has 0 radical (unpaired) electrons. The average Bonchev–Trinajstić information content (AvgIpc) is 3.04. The van der Waals surface area contributed by atoms with Gasteiger partial charge in [-0.3, -0.25) is 0 Å². The van der Waals surface area contributed by atoms with E-state index in [4.69, 9.17) is 9.47 Å². The molecule has 4 rings (SSSR count). The van der Waals surface area contributed by atoms with Crippen LogP contribution in [0, 0.1) is 0 Å². The molecule has 0 amide bonds. The number of anilines is 1. The predicted molar refractivity (Wildman–Crippen MR) is 85.6 cm³/mol. The Balaban J connectivity index is 1.36. The molecule has 1 N–H and O–H groups in total. The highest BCUT2D eigenvalue weighted by molar-refractivity contribution is 5.46. The van der Waals surface area contributed by atoms with E-state index in [1.54, 1.807) is 4.90 Å². The normalized spacial score (nSPS) is 17.7. The quantitative estimate of drug-likeness (QED) is 0.925. The molecule has 2 aromatic rings. The zero-order valence-corrected chi connectivity index (χ0v) is 12.6. The number of piperazine rings is 1. The fourth-order valence-corrected chi connectivity index (χ4v) is 3.24. The number of nitrogens with zero attached hydrogens (tertiary/aromatic N) is 1. The van der Waals surface area contributed by atoms with E-state index in [0.29, 0.717) is 6.79 Å². The summed E-state index contributed by atoms with van der Waals surface area (Å²) in [7, 11) is 0. The van der Waals surface area contributed by atoms with Gasteiger partial charge in [-0.15, -0.1) is 0 Å². The Morgan fingerprint density at radius 2 is 1.68 bits per heavy atom. The molecule has 2 aliphatic heterocycles. The maximum atomic E-state index is 5.46. The van der Waals surface area contributed by atoms with Crippen LogP contribution < -0.4 is 19.3 Å². The van der Waals surface area contributed by atoms with Crippen LogP contribution in [-0.4, -0.2) is 33.0 Å². The summed E-state index contributed by atoms with van der Waals surface area (Å²) in [5.41, 5.74) is 2.66. The molecule has 0 unspecified atom stereocenters. The molecular formula is C18H21N2O2+. The third-order valence-electron chi connectivity index (χ3n) is 4.48. The number of para-hydroxylation sites is 1. The smallest absolute Gasteiger partial charge is 0.231 e. The standard InChI is InChI=1S/C18H20N2O2/c1-2-4-16(5-3-1)20-10-8-19(9-11-20)13-15-6-7-17-18(12-15)22-14-21-17/h1-7,12H,8-11,13-14H2/p+1. The highest BCUT2D eigenvalue weighted by atomic mass is 16.7. The molecule has 0 spiro atoms. The molecule has 1 saturated heterocycles. The van der Waals surface area contributed by atoms with Crippen molar-refractivity contribution in [3.63, 3.8) is 0 Å². The molecule has 2 aliphatic rings. The van der Waals surface area contributed by atoms with Crippen molar-refractivity contribution in [1.82, 2.24) is 0 Å². The molecule has 0 bridgehead atoms. The zero-order valence-electron chi connectivity index (χ0n) is 12.6. The lowest BCUT2D eigenvalue weighted by molar-refractivity contribution is -0.914. The number of ether oxygens (including phenoxy) is 2. The van der Waals surface area contributed by atoms with Crippen LogP contribution in [0.3, 0.4) is 0 Å². The van der Waals surface area contributed by atoms with Crippen molar-refractivity contribution >= 4 is 5.69 Å². The van der Waals surface area contributed by atoms with E-state index in [1.165, 1.54) is 24.3 Å². The Hall–Kier alpha value is -2.20. The molecular weight excluding hydrogens is 276 g/mol. The Morgan fingerprint density at radius 1 is 0.909 bits per heavy atom. The molecule has 0 saturated carbocycles. The molecule has 2 aromatic carbocycles. The number of hydrogen-bond donors (Lipinski definition) is 1. The van der Waals surface area contributed by atoms with Crippen molar-refractivity contribution in [3.05, 3.63) is 54.1 Å². The van der Waals surface area contributed by atoms with Gasteiger partial charge in [-0.2, -0.15) is 0 Å². The van der Waals surface area contributed by atoms with Gasteiger partial charge in [-0.25, -0.2) is 0 Å². The Morgan fingerprint density at radius 3 is 2.50 bits per heavy atom. The van der Waals surface area contributed by atoms with Gasteiger partial charge >= 0.3 is 0 Å². The molecule has 0 aliphatic carbocycles. The highest BCUT2D eigenvalue weighted by Gasteiger charge is 2.21. The lowest BCUT2D eigenvalue weighted by Crippen LogP contribution is -3.13. The summed E-state index contributed by atoms with van der Waals surface area (Å²) in [6, 6.07) is 17.0. The van der Waals surface area contributed by atoms with Crippen LogP contribution in [0.1, 0.15) is 5.56 Å². The molecule has 0 aromatic heterocycles. The lowest BCUT2D eigenvalue weighted by atomic mass is 10.1. The molecule has 2 heterocycles. The summed E-state index contributed by atoms with van der Waals surface area (Å²) in [5, 5.41) is 0. The monoisotopic (exact) mass is 297 g/mol. The van der Waals surface area contributed by atoms with Crippen LogP contribution in [-0.2, 0) is 6.54 Å². The summed E-state index contributed by atoms with van der Waals surface area (Å²) in [6.45, 7) is 5.97. The van der Waals surface area contributed by atoms with Gasteiger partial charge < -0.3 is 19.3 Å². The van der Waals surface area contributed by atoms with E-state index in [1.807, 2.05) is 6.07 Å². The first-order valence-corrected chi connectivity index (χ1v) is 7.90. The summed E-state index contributed by atoms with van der Waals surface area (Å²) >= 11 is 0. The first-order chi connectivity index (χ1) is 10.9. The fourth-order valence-electron chi connectivity index (χ4n) is 3.24. The summed E-state index contributed by atoms with van der Waals surface area (Å²) in [6.07, 6.45) is 0. The van der Waals surface area contributed by atoms with Gasteiger partial charge in [-0.1, -0.05) is 18.2 Å². The largest absolute Gasteiger partial charge is 0.454 e. The Labute approximate surface area is 130 Å². The number of nitrogens with one attached hydrogen (secondary N) is 1. The first kappa shape index (κ1) is 13.5.